The van der Waals surface area contributed by atoms with E-state index in [1.54, 1.807) is 0 Å². The van der Waals surface area contributed by atoms with Crippen LogP contribution in [0, 0.1) is 11.8 Å². The molecule has 1 aliphatic heterocycles. The van der Waals surface area contributed by atoms with E-state index >= 15 is 0 Å². The van der Waals surface area contributed by atoms with Gasteiger partial charge in [-0.25, -0.2) is 0 Å². The standard InChI is InChI=1S/C17H34N2/c1-4-11-19-12-6-8-16(10-13-19)18-17-9-5-7-14(2)15(17)3/h14-18H,4-13H2,1-3H3. The van der Waals surface area contributed by atoms with Gasteiger partial charge in [0.2, 0.25) is 0 Å². The van der Waals surface area contributed by atoms with Gasteiger partial charge in [-0.3, -0.25) is 0 Å². The molecule has 0 amide bonds. The summed E-state index contributed by atoms with van der Waals surface area (Å²) in [4.78, 5) is 2.66. The molecule has 112 valence electrons. The third-order valence-electron chi connectivity index (χ3n) is 5.52. The first-order chi connectivity index (χ1) is 9.20. The van der Waals surface area contributed by atoms with Gasteiger partial charge in [-0.05, 0) is 63.6 Å². The molecule has 19 heavy (non-hydrogen) atoms. The normalized spacial score (nSPS) is 38.1. The predicted molar refractivity (Wildman–Crippen MR) is 83.5 cm³/mol. The Hall–Kier alpha value is -0.0800. The van der Waals surface area contributed by atoms with Crippen molar-refractivity contribution in [1.82, 2.24) is 10.2 Å². The quantitative estimate of drug-likeness (QED) is 0.835. The molecule has 1 saturated heterocycles. The number of nitrogens with one attached hydrogen (secondary N) is 1. The molecule has 0 aromatic carbocycles. The summed E-state index contributed by atoms with van der Waals surface area (Å²) >= 11 is 0. The number of nitrogens with zero attached hydrogens (tertiary/aromatic N) is 1. The fourth-order valence-corrected chi connectivity index (χ4v) is 3.98. The molecule has 0 aromatic rings. The average Bonchev–Trinajstić information content (AvgIpc) is 2.61. The molecule has 1 heterocycles. The van der Waals surface area contributed by atoms with Gasteiger partial charge in [0.1, 0.15) is 0 Å². The molecule has 2 rings (SSSR count). The van der Waals surface area contributed by atoms with E-state index in [2.05, 4.69) is 31.0 Å². The molecule has 0 spiro atoms. The highest BCUT2D eigenvalue weighted by atomic mass is 15.1. The SMILES string of the molecule is CCCN1CCCC(NC2CCCC(C)C2C)CC1. The molecule has 0 bridgehead atoms. The van der Waals surface area contributed by atoms with E-state index in [4.69, 9.17) is 0 Å². The minimum absolute atomic E-state index is 0.777. The van der Waals surface area contributed by atoms with Gasteiger partial charge in [0.05, 0.1) is 0 Å². The first kappa shape index (κ1) is 15.3. The van der Waals surface area contributed by atoms with E-state index in [0.29, 0.717) is 0 Å². The zero-order chi connectivity index (χ0) is 13.7. The van der Waals surface area contributed by atoms with Crippen LogP contribution in [0.2, 0.25) is 0 Å². The monoisotopic (exact) mass is 266 g/mol. The highest BCUT2D eigenvalue weighted by molar-refractivity contribution is 4.86. The van der Waals surface area contributed by atoms with Crippen molar-refractivity contribution in [3.05, 3.63) is 0 Å². The van der Waals surface area contributed by atoms with Gasteiger partial charge < -0.3 is 10.2 Å². The molecule has 2 fully saturated rings. The predicted octanol–water partition coefficient (Wildman–Crippen LogP) is 3.67. The summed E-state index contributed by atoms with van der Waals surface area (Å²) in [6.45, 7) is 11.1. The van der Waals surface area contributed by atoms with Crippen LogP contribution in [0.4, 0.5) is 0 Å². The van der Waals surface area contributed by atoms with Crippen molar-refractivity contribution in [3.8, 4) is 0 Å². The molecule has 1 aliphatic carbocycles. The van der Waals surface area contributed by atoms with Crippen LogP contribution in [-0.4, -0.2) is 36.6 Å². The minimum atomic E-state index is 0.777. The second-order valence-electron chi connectivity index (χ2n) is 7.01. The van der Waals surface area contributed by atoms with Crippen molar-refractivity contribution in [2.45, 2.75) is 77.8 Å². The van der Waals surface area contributed by atoms with Gasteiger partial charge >= 0.3 is 0 Å². The lowest BCUT2D eigenvalue weighted by Crippen LogP contribution is -2.46. The van der Waals surface area contributed by atoms with Gasteiger partial charge in [0.15, 0.2) is 0 Å². The van der Waals surface area contributed by atoms with Crippen molar-refractivity contribution in [2.75, 3.05) is 19.6 Å². The summed E-state index contributed by atoms with van der Waals surface area (Å²) in [5, 5.41) is 4.01. The lowest BCUT2D eigenvalue weighted by atomic mass is 9.77. The van der Waals surface area contributed by atoms with E-state index in [1.165, 1.54) is 64.6 Å². The Morgan fingerprint density at radius 1 is 1.00 bits per heavy atom. The maximum Gasteiger partial charge on any atom is 0.00978 e. The van der Waals surface area contributed by atoms with E-state index in [-0.39, 0.29) is 0 Å². The number of rotatable bonds is 4. The van der Waals surface area contributed by atoms with Crippen LogP contribution in [0.25, 0.3) is 0 Å². The van der Waals surface area contributed by atoms with Crippen LogP contribution in [0.3, 0.4) is 0 Å². The van der Waals surface area contributed by atoms with E-state index in [1.807, 2.05) is 0 Å². The highest BCUT2D eigenvalue weighted by Gasteiger charge is 2.29. The number of likely N-dealkylation sites (tertiary alicyclic amines) is 1. The van der Waals surface area contributed by atoms with Gasteiger partial charge in [0.25, 0.3) is 0 Å². The Morgan fingerprint density at radius 2 is 1.84 bits per heavy atom. The van der Waals surface area contributed by atoms with Crippen molar-refractivity contribution in [3.63, 3.8) is 0 Å². The molecule has 1 saturated carbocycles. The Balaban J connectivity index is 1.79. The summed E-state index contributed by atoms with van der Waals surface area (Å²) in [6, 6.07) is 1.56. The molecular weight excluding hydrogens is 232 g/mol. The summed E-state index contributed by atoms with van der Waals surface area (Å²) in [7, 11) is 0. The Bertz CT molecular complexity index is 254. The summed E-state index contributed by atoms with van der Waals surface area (Å²) < 4.78 is 0. The minimum Gasteiger partial charge on any atom is -0.311 e. The summed E-state index contributed by atoms with van der Waals surface area (Å²) in [6.07, 6.45) is 9.70. The average molecular weight is 266 g/mol. The van der Waals surface area contributed by atoms with Crippen molar-refractivity contribution in [1.29, 1.82) is 0 Å². The molecule has 1 N–H and O–H groups in total. The van der Waals surface area contributed by atoms with Crippen LogP contribution in [0.1, 0.15) is 65.7 Å². The van der Waals surface area contributed by atoms with E-state index in [0.717, 1.165) is 23.9 Å². The fourth-order valence-electron chi connectivity index (χ4n) is 3.98. The fraction of sp³-hybridized carbons (Fsp3) is 1.00. The first-order valence-corrected chi connectivity index (χ1v) is 8.69. The lowest BCUT2D eigenvalue weighted by molar-refractivity contribution is 0.188. The molecule has 2 nitrogen and oxygen atoms in total. The highest BCUT2D eigenvalue weighted by Crippen LogP contribution is 2.30. The molecule has 2 aliphatic rings. The molecule has 4 atom stereocenters. The van der Waals surface area contributed by atoms with Crippen molar-refractivity contribution in [2.24, 2.45) is 11.8 Å². The third kappa shape index (κ3) is 4.46. The summed E-state index contributed by atoms with van der Waals surface area (Å²) in [5.74, 6) is 1.78. The topological polar surface area (TPSA) is 15.3 Å². The van der Waals surface area contributed by atoms with Crippen LogP contribution in [-0.2, 0) is 0 Å². The van der Waals surface area contributed by atoms with Gasteiger partial charge in [0, 0.05) is 12.1 Å². The number of hydrogen-bond donors (Lipinski definition) is 1. The molecular formula is C17H34N2. The third-order valence-corrected chi connectivity index (χ3v) is 5.52. The van der Waals surface area contributed by atoms with Gasteiger partial charge in [-0.1, -0.05) is 33.6 Å². The molecule has 0 radical (unpaired) electrons. The Kier molecular flexibility index (Phi) is 6.15. The van der Waals surface area contributed by atoms with E-state index < -0.39 is 0 Å². The number of hydrogen-bond acceptors (Lipinski definition) is 2. The van der Waals surface area contributed by atoms with Crippen molar-refractivity contribution < 1.29 is 0 Å². The Labute approximate surface area is 120 Å². The van der Waals surface area contributed by atoms with Crippen molar-refractivity contribution >= 4 is 0 Å². The van der Waals surface area contributed by atoms with Gasteiger partial charge in [-0.2, -0.15) is 0 Å². The second kappa shape index (κ2) is 7.64. The Morgan fingerprint density at radius 3 is 2.63 bits per heavy atom. The zero-order valence-corrected chi connectivity index (χ0v) is 13.3. The van der Waals surface area contributed by atoms with E-state index in [9.17, 15) is 0 Å². The summed E-state index contributed by atoms with van der Waals surface area (Å²) in [5.41, 5.74) is 0. The van der Waals surface area contributed by atoms with Gasteiger partial charge in [-0.15, -0.1) is 0 Å². The lowest BCUT2D eigenvalue weighted by Gasteiger charge is -2.37. The van der Waals surface area contributed by atoms with Crippen LogP contribution in [0.15, 0.2) is 0 Å². The second-order valence-corrected chi connectivity index (χ2v) is 7.01. The molecule has 4 unspecified atom stereocenters. The molecule has 0 aromatic heterocycles. The first-order valence-electron chi connectivity index (χ1n) is 8.69. The smallest absolute Gasteiger partial charge is 0.00978 e. The van der Waals surface area contributed by atoms with Crippen LogP contribution >= 0.6 is 0 Å². The largest absolute Gasteiger partial charge is 0.311 e. The van der Waals surface area contributed by atoms with Crippen LogP contribution in [0.5, 0.6) is 0 Å². The van der Waals surface area contributed by atoms with Crippen LogP contribution < -0.4 is 5.32 Å². The zero-order valence-electron chi connectivity index (χ0n) is 13.3. The maximum atomic E-state index is 4.01. The molecule has 2 heteroatoms. The maximum absolute atomic E-state index is 4.01.